The van der Waals surface area contributed by atoms with Gasteiger partial charge < -0.3 is 0 Å². The Bertz CT molecular complexity index is 1260. The molecule has 0 bridgehead atoms. The molecule has 2 aromatic carbocycles. The van der Waals surface area contributed by atoms with Gasteiger partial charge in [-0.1, -0.05) is 39.3 Å². The number of unbranched alkanes of at least 4 members (excludes halogenated alkanes) is 1. The molecule has 0 amide bonds. The second kappa shape index (κ2) is 7.02. The number of fused-ring (bicyclic) bond motifs is 5. The first kappa shape index (κ1) is 18.9. The Morgan fingerprint density at radius 2 is 1.67 bits per heavy atom. The summed E-state index contributed by atoms with van der Waals surface area (Å²) in [6.07, 6.45) is 9.03. The van der Waals surface area contributed by atoms with Crippen LogP contribution in [0.3, 0.4) is 0 Å². The van der Waals surface area contributed by atoms with Crippen LogP contribution in [0.1, 0.15) is 44.7 Å². The number of hydrogen-bond donors (Lipinski definition) is 0. The molecule has 0 saturated heterocycles. The number of para-hydroxylation sites is 1. The fourth-order valence-corrected chi connectivity index (χ4v) is 4.78. The average Bonchev–Trinajstić information content (AvgIpc) is 2.99. The average molecular weight is 399 g/mol. The Balaban J connectivity index is 1.73. The molecule has 1 aliphatic rings. The van der Waals surface area contributed by atoms with Gasteiger partial charge in [0.2, 0.25) is 11.2 Å². The quantitative estimate of drug-likeness (QED) is 0.393. The van der Waals surface area contributed by atoms with E-state index in [1.807, 2.05) is 12.1 Å². The topological polar surface area (TPSA) is 7.76 Å². The molecule has 4 aromatic rings. The molecule has 30 heavy (non-hydrogen) atoms. The van der Waals surface area contributed by atoms with Crippen LogP contribution in [0.2, 0.25) is 0 Å². The molecule has 5 rings (SSSR count). The van der Waals surface area contributed by atoms with Gasteiger partial charge in [0.25, 0.3) is 0 Å². The molecule has 150 valence electrons. The number of nitrogens with zero attached hydrogens (tertiary/aromatic N) is 2. The number of hydrogen-bond acceptors (Lipinski definition) is 0. The lowest BCUT2D eigenvalue weighted by atomic mass is 9.83. The maximum Gasteiger partial charge on any atom is 0.213 e. The van der Waals surface area contributed by atoms with E-state index >= 15 is 0 Å². The second-order valence-corrected chi connectivity index (χ2v) is 8.76. The molecule has 0 fully saturated rings. The van der Waals surface area contributed by atoms with E-state index in [9.17, 15) is 4.39 Å². The first-order valence-corrected chi connectivity index (χ1v) is 10.8. The van der Waals surface area contributed by atoms with Gasteiger partial charge in [0.15, 0.2) is 18.6 Å². The van der Waals surface area contributed by atoms with Crippen LogP contribution in [0.5, 0.6) is 0 Å². The summed E-state index contributed by atoms with van der Waals surface area (Å²) >= 11 is 0. The molecular formula is C27H27FN2+2. The van der Waals surface area contributed by atoms with Crippen LogP contribution in [-0.2, 0) is 12.0 Å². The number of pyridine rings is 2. The fraction of sp³-hybridized carbons (Fsp3) is 0.259. The highest BCUT2D eigenvalue weighted by Gasteiger charge is 2.41. The zero-order valence-electron chi connectivity index (χ0n) is 17.8. The Kier molecular flexibility index (Phi) is 4.43. The van der Waals surface area contributed by atoms with E-state index in [4.69, 9.17) is 0 Å². The summed E-state index contributed by atoms with van der Waals surface area (Å²) < 4.78 is 17.9. The third-order valence-electron chi connectivity index (χ3n) is 6.49. The lowest BCUT2D eigenvalue weighted by Crippen LogP contribution is -2.36. The minimum atomic E-state index is -0.212. The summed E-state index contributed by atoms with van der Waals surface area (Å²) in [5.41, 5.74) is 7.49. The minimum Gasteiger partial charge on any atom is -0.207 e. The summed E-state index contributed by atoms with van der Waals surface area (Å²) in [5.74, 6) is -0.212. The summed E-state index contributed by atoms with van der Waals surface area (Å²) in [6.45, 7) is 7.90. The number of benzene rings is 2. The molecule has 2 nitrogen and oxygen atoms in total. The summed E-state index contributed by atoms with van der Waals surface area (Å²) in [7, 11) is 0. The lowest BCUT2D eigenvalue weighted by molar-refractivity contribution is -0.672. The SMILES string of the molecule is CCCC[n+]1cc2c(c3ccccc31)-c1cc[n+](-c3ccc(F)cc3)cc1C2(C)C. The van der Waals surface area contributed by atoms with Gasteiger partial charge >= 0.3 is 0 Å². The van der Waals surface area contributed by atoms with Gasteiger partial charge in [0.1, 0.15) is 12.4 Å². The highest BCUT2D eigenvalue weighted by Crippen LogP contribution is 2.49. The summed E-state index contributed by atoms with van der Waals surface area (Å²) in [4.78, 5) is 0. The van der Waals surface area contributed by atoms with Crippen LogP contribution in [0.15, 0.2) is 73.2 Å². The minimum absolute atomic E-state index is 0.105. The van der Waals surface area contributed by atoms with Crippen LogP contribution in [0.25, 0.3) is 27.7 Å². The van der Waals surface area contributed by atoms with E-state index < -0.39 is 0 Å². The predicted octanol–water partition coefficient (Wildman–Crippen LogP) is 5.65. The molecule has 0 aliphatic heterocycles. The van der Waals surface area contributed by atoms with Gasteiger partial charge in [0, 0.05) is 52.8 Å². The van der Waals surface area contributed by atoms with Crippen molar-refractivity contribution in [2.24, 2.45) is 0 Å². The van der Waals surface area contributed by atoms with E-state index in [0.717, 1.165) is 12.2 Å². The highest BCUT2D eigenvalue weighted by molar-refractivity contribution is 5.98. The van der Waals surface area contributed by atoms with Gasteiger partial charge in [-0.15, -0.1) is 0 Å². The van der Waals surface area contributed by atoms with E-state index in [0.29, 0.717) is 0 Å². The molecule has 0 saturated carbocycles. The highest BCUT2D eigenvalue weighted by atomic mass is 19.1. The smallest absolute Gasteiger partial charge is 0.207 e. The van der Waals surface area contributed by atoms with Crippen LogP contribution in [-0.4, -0.2) is 0 Å². The van der Waals surface area contributed by atoms with Crippen molar-refractivity contribution in [2.45, 2.75) is 45.6 Å². The first-order chi connectivity index (χ1) is 14.5. The predicted molar refractivity (Wildman–Crippen MR) is 118 cm³/mol. The Morgan fingerprint density at radius 1 is 0.900 bits per heavy atom. The van der Waals surface area contributed by atoms with Crippen molar-refractivity contribution in [3.8, 4) is 16.8 Å². The van der Waals surface area contributed by atoms with Crippen molar-refractivity contribution in [3.63, 3.8) is 0 Å². The maximum absolute atomic E-state index is 13.4. The zero-order valence-corrected chi connectivity index (χ0v) is 17.8. The van der Waals surface area contributed by atoms with Crippen molar-refractivity contribution in [2.75, 3.05) is 0 Å². The molecule has 0 radical (unpaired) electrons. The van der Waals surface area contributed by atoms with Crippen LogP contribution >= 0.6 is 0 Å². The maximum atomic E-state index is 13.4. The monoisotopic (exact) mass is 398 g/mol. The van der Waals surface area contributed by atoms with Crippen LogP contribution in [0, 0.1) is 5.82 Å². The Morgan fingerprint density at radius 3 is 2.43 bits per heavy atom. The lowest BCUT2D eigenvalue weighted by Gasteiger charge is -2.19. The second-order valence-electron chi connectivity index (χ2n) is 8.76. The molecule has 0 unspecified atom stereocenters. The molecular weight excluding hydrogens is 371 g/mol. The van der Waals surface area contributed by atoms with Crippen LogP contribution < -0.4 is 9.13 Å². The number of aromatic nitrogens is 2. The van der Waals surface area contributed by atoms with Gasteiger partial charge in [-0.25, -0.2) is 4.39 Å². The largest absolute Gasteiger partial charge is 0.213 e. The van der Waals surface area contributed by atoms with E-state index in [2.05, 4.69) is 78.8 Å². The van der Waals surface area contributed by atoms with Crippen molar-refractivity contribution >= 4 is 10.9 Å². The fourth-order valence-electron chi connectivity index (χ4n) is 4.78. The normalized spacial score (nSPS) is 14.0. The third kappa shape index (κ3) is 2.84. The Labute approximate surface area is 177 Å². The van der Waals surface area contributed by atoms with Gasteiger partial charge in [-0.05, 0) is 23.8 Å². The molecule has 1 aliphatic carbocycles. The number of rotatable bonds is 4. The summed E-state index contributed by atoms with van der Waals surface area (Å²) in [5, 5.41) is 1.32. The van der Waals surface area contributed by atoms with E-state index in [1.54, 1.807) is 0 Å². The van der Waals surface area contributed by atoms with Gasteiger partial charge in [0.05, 0.1) is 5.39 Å². The van der Waals surface area contributed by atoms with Crippen molar-refractivity contribution in [1.29, 1.82) is 0 Å². The molecule has 2 aromatic heterocycles. The van der Waals surface area contributed by atoms with Gasteiger partial charge in [-0.3, -0.25) is 0 Å². The number of aryl methyl sites for hydroxylation is 1. The van der Waals surface area contributed by atoms with Gasteiger partial charge in [-0.2, -0.15) is 9.13 Å². The standard InChI is InChI=1S/C27H27FN2/c1-4-5-15-30-18-24-26(22-8-6-7-9-25(22)30)21-14-16-29(17-23(21)27(24,2)3)20-12-10-19(28)11-13-20/h6-14,16-18H,4-5,15H2,1-3H3/q+2. The molecule has 0 N–H and O–H groups in total. The van der Waals surface area contributed by atoms with E-state index in [-0.39, 0.29) is 11.2 Å². The van der Waals surface area contributed by atoms with Crippen molar-refractivity contribution in [1.82, 2.24) is 0 Å². The third-order valence-corrected chi connectivity index (χ3v) is 6.49. The first-order valence-electron chi connectivity index (χ1n) is 10.8. The van der Waals surface area contributed by atoms with Crippen LogP contribution in [0.4, 0.5) is 4.39 Å². The molecule has 3 heteroatoms. The zero-order chi connectivity index (χ0) is 20.9. The molecule has 0 atom stereocenters. The Hall–Kier alpha value is -3.07. The number of halogens is 1. The molecule has 2 heterocycles. The molecule has 0 spiro atoms. The van der Waals surface area contributed by atoms with E-state index in [1.165, 1.54) is 58.1 Å². The summed E-state index contributed by atoms with van der Waals surface area (Å²) in [6, 6.07) is 17.6. The van der Waals surface area contributed by atoms with Crippen molar-refractivity contribution < 1.29 is 13.5 Å². The van der Waals surface area contributed by atoms with Crippen molar-refractivity contribution in [3.05, 3.63) is 90.1 Å².